The highest BCUT2D eigenvalue weighted by Crippen LogP contribution is 2.46. The maximum Gasteiger partial charge on any atom is 0.0680 e. The zero-order valence-electron chi connectivity index (χ0n) is 14.7. The number of hydrogen-bond donors (Lipinski definition) is 0. The Hall–Kier alpha value is -0.550. The Bertz CT molecular complexity index is 552. The van der Waals surface area contributed by atoms with E-state index in [4.69, 9.17) is 9.47 Å². The Morgan fingerprint density at radius 3 is 2.83 bits per heavy atom. The van der Waals surface area contributed by atoms with Crippen LogP contribution in [0.3, 0.4) is 0 Å². The minimum atomic E-state index is 0.471. The number of benzene rings is 1. The van der Waals surface area contributed by atoms with Crippen molar-refractivity contribution in [3.05, 3.63) is 35.4 Å². The van der Waals surface area contributed by atoms with Crippen LogP contribution in [0.5, 0.6) is 0 Å². The first-order valence-corrected chi connectivity index (χ1v) is 10.3. The number of nitrogens with zero attached hydrogens (tertiary/aromatic N) is 1. The summed E-state index contributed by atoms with van der Waals surface area (Å²) in [7, 11) is 0. The molecule has 3 nitrogen and oxygen atoms in total. The largest absolute Gasteiger partial charge is 0.381 e. The van der Waals surface area contributed by atoms with Crippen molar-refractivity contribution in [1.82, 2.24) is 4.90 Å². The lowest BCUT2D eigenvalue weighted by Crippen LogP contribution is -2.58. The van der Waals surface area contributed by atoms with E-state index in [2.05, 4.69) is 47.9 Å². The van der Waals surface area contributed by atoms with Crippen LogP contribution in [0, 0.1) is 12.8 Å². The van der Waals surface area contributed by atoms with E-state index < -0.39 is 0 Å². The van der Waals surface area contributed by atoms with Gasteiger partial charge in [-0.05, 0) is 43.2 Å². The van der Waals surface area contributed by atoms with Gasteiger partial charge in [0.05, 0.1) is 6.10 Å². The average molecular weight is 348 g/mol. The second-order valence-electron chi connectivity index (χ2n) is 7.78. The van der Waals surface area contributed by atoms with Gasteiger partial charge in [0, 0.05) is 50.0 Å². The molecule has 1 aromatic rings. The first kappa shape index (κ1) is 16.9. The van der Waals surface area contributed by atoms with E-state index in [1.165, 1.54) is 49.2 Å². The molecule has 3 aliphatic heterocycles. The van der Waals surface area contributed by atoms with Crippen LogP contribution in [0.2, 0.25) is 0 Å². The molecular formula is C20H29NO2S. The SMILES string of the molecule is Cc1ccccc1CN1CC2(C[C@@H](OCC3CCOCC3)CS2)C1. The number of thioether (sulfide) groups is 1. The van der Waals surface area contributed by atoms with Gasteiger partial charge in [-0.25, -0.2) is 0 Å². The highest BCUT2D eigenvalue weighted by molar-refractivity contribution is 8.01. The number of likely N-dealkylation sites (tertiary alicyclic amines) is 1. The molecule has 3 saturated heterocycles. The first-order chi connectivity index (χ1) is 11.7. The van der Waals surface area contributed by atoms with Crippen molar-refractivity contribution >= 4 is 11.8 Å². The fraction of sp³-hybridized carbons (Fsp3) is 0.700. The minimum absolute atomic E-state index is 0.471. The molecule has 0 bridgehead atoms. The smallest absolute Gasteiger partial charge is 0.0680 e. The fourth-order valence-corrected chi connectivity index (χ4v) is 5.83. The molecule has 0 amide bonds. The molecule has 0 aliphatic carbocycles. The summed E-state index contributed by atoms with van der Waals surface area (Å²) in [4.78, 5) is 2.59. The Morgan fingerprint density at radius 2 is 2.04 bits per heavy atom. The molecule has 0 N–H and O–H groups in total. The van der Waals surface area contributed by atoms with Crippen LogP contribution in [-0.4, -0.2) is 54.4 Å². The standard InChI is InChI=1S/C20H29NO2S/c1-16-4-2-3-5-18(16)11-21-14-20(15-21)10-19(13-24-20)23-12-17-6-8-22-9-7-17/h2-5,17,19H,6-15H2,1H3/t19-/m1/s1. The van der Waals surface area contributed by atoms with Crippen LogP contribution in [0.1, 0.15) is 30.4 Å². The van der Waals surface area contributed by atoms with Gasteiger partial charge in [0.2, 0.25) is 0 Å². The Morgan fingerprint density at radius 1 is 1.25 bits per heavy atom. The lowest BCUT2D eigenvalue weighted by molar-refractivity contribution is -0.0133. The average Bonchev–Trinajstić information content (AvgIpc) is 3.00. The molecule has 1 spiro atoms. The van der Waals surface area contributed by atoms with Gasteiger partial charge >= 0.3 is 0 Å². The summed E-state index contributed by atoms with van der Waals surface area (Å²) in [6.45, 7) is 8.55. The van der Waals surface area contributed by atoms with Crippen LogP contribution in [0.4, 0.5) is 0 Å². The van der Waals surface area contributed by atoms with Gasteiger partial charge in [-0.2, -0.15) is 0 Å². The summed E-state index contributed by atoms with van der Waals surface area (Å²) in [6, 6.07) is 8.77. The summed E-state index contributed by atoms with van der Waals surface area (Å²) in [6.07, 6.45) is 4.06. The second-order valence-corrected chi connectivity index (χ2v) is 9.27. The van der Waals surface area contributed by atoms with Gasteiger partial charge in [-0.15, -0.1) is 11.8 Å². The van der Waals surface area contributed by atoms with Crippen molar-refractivity contribution in [3.8, 4) is 0 Å². The van der Waals surface area contributed by atoms with Crippen LogP contribution < -0.4 is 0 Å². The van der Waals surface area contributed by atoms with Crippen molar-refractivity contribution in [2.24, 2.45) is 5.92 Å². The minimum Gasteiger partial charge on any atom is -0.381 e. The van der Waals surface area contributed by atoms with Crippen LogP contribution in [0.25, 0.3) is 0 Å². The highest BCUT2D eigenvalue weighted by atomic mass is 32.2. The summed E-state index contributed by atoms with van der Waals surface area (Å²) in [5, 5.41) is 0. The molecule has 1 atom stereocenters. The van der Waals surface area contributed by atoms with Gasteiger partial charge in [0.15, 0.2) is 0 Å². The predicted octanol–water partition coefficient (Wildman–Crippen LogP) is 3.50. The number of rotatable bonds is 5. The van der Waals surface area contributed by atoms with Crippen molar-refractivity contribution in [3.63, 3.8) is 0 Å². The van der Waals surface area contributed by atoms with E-state index in [0.29, 0.717) is 10.9 Å². The summed E-state index contributed by atoms with van der Waals surface area (Å²) < 4.78 is 12.2. The van der Waals surface area contributed by atoms with Crippen molar-refractivity contribution in [1.29, 1.82) is 0 Å². The quantitative estimate of drug-likeness (QED) is 0.813. The van der Waals surface area contributed by atoms with E-state index in [9.17, 15) is 0 Å². The van der Waals surface area contributed by atoms with Crippen LogP contribution in [-0.2, 0) is 16.0 Å². The van der Waals surface area contributed by atoms with E-state index in [-0.39, 0.29) is 0 Å². The van der Waals surface area contributed by atoms with E-state index in [1.54, 1.807) is 0 Å². The number of ether oxygens (including phenoxy) is 2. The van der Waals surface area contributed by atoms with Gasteiger partial charge in [0.1, 0.15) is 0 Å². The molecular weight excluding hydrogens is 318 g/mol. The highest BCUT2D eigenvalue weighted by Gasteiger charge is 2.49. The molecule has 0 aromatic heterocycles. The molecule has 0 unspecified atom stereocenters. The lowest BCUT2D eigenvalue weighted by atomic mass is 9.92. The first-order valence-electron chi connectivity index (χ1n) is 9.33. The number of hydrogen-bond acceptors (Lipinski definition) is 4. The Kier molecular flexibility index (Phi) is 5.18. The molecule has 1 aromatic carbocycles. The second kappa shape index (κ2) is 7.36. The van der Waals surface area contributed by atoms with Gasteiger partial charge < -0.3 is 9.47 Å². The predicted molar refractivity (Wildman–Crippen MR) is 99.5 cm³/mol. The summed E-state index contributed by atoms with van der Waals surface area (Å²) >= 11 is 2.15. The van der Waals surface area contributed by atoms with Crippen molar-refractivity contribution in [2.75, 3.05) is 38.7 Å². The van der Waals surface area contributed by atoms with Crippen molar-refractivity contribution < 1.29 is 9.47 Å². The topological polar surface area (TPSA) is 21.7 Å². The van der Waals surface area contributed by atoms with E-state index >= 15 is 0 Å². The van der Waals surface area contributed by atoms with Crippen LogP contribution in [0.15, 0.2) is 24.3 Å². The third-order valence-corrected chi connectivity index (χ3v) is 7.34. The normalized spacial score (nSPS) is 27.5. The molecule has 3 heterocycles. The number of aryl methyl sites for hydroxylation is 1. The molecule has 4 heteroatoms. The molecule has 24 heavy (non-hydrogen) atoms. The summed E-state index contributed by atoms with van der Waals surface area (Å²) in [5.41, 5.74) is 2.89. The fourth-order valence-electron chi connectivity index (χ4n) is 4.22. The van der Waals surface area contributed by atoms with Crippen LogP contribution >= 0.6 is 11.8 Å². The van der Waals surface area contributed by atoms with E-state index in [0.717, 1.165) is 32.3 Å². The molecule has 0 saturated carbocycles. The van der Waals surface area contributed by atoms with E-state index in [1.807, 2.05) is 0 Å². The molecule has 3 fully saturated rings. The van der Waals surface area contributed by atoms with Crippen molar-refractivity contribution in [2.45, 2.75) is 43.6 Å². The Labute approximate surface area is 150 Å². The lowest BCUT2D eigenvalue weighted by Gasteiger charge is -2.47. The molecule has 0 radical (unpaired) electrons. The van der Waals surface area contributed by atoms with Gasteiger partial charge in [-0.3, -0.25) is 4.90 Å². The molecule has 132 valence electrons. The van der Waals surface area contributed by atoms with Gasteiger partial charge in [-0.1, -0.05) is 24.3 Å². The third-order valence-electron chi connectivity index (χ3n) is 5.76. The monoisotopic (exact) mass is 347 g/mol. The zero-order chi connectivity index (χ0) is 16.4. The summed E-state index contributed by atoms with van der Waals surface area (Å²) in [5.74, 6) is 1.90. The zero-order valence-corrected chi connectivity index (χ0v) is 15.5. The molecule has 4 rings (SSSR count). The molecule has 3 aliphatic rings. The third kappa shape index (κ3) is 3.82. The maximum absolute atomic E-state index is 6.25. The maximum atomic E-state index is 6.25. The Balaban J connectivity index is 1.21. The van der Waals surface area contributed by atoms with Gasteiger partial charge in [0.25, 0.3) is 0 Å².